The zero-order valence-corrected chi connectivity index (χ0v) is 10.9. The van der Waals surface area contributed by atoms with Crippen LogP contribution in [0.5, 0.6) is 0 Å². The molecule has 16 heavy (non-hydrogen) atoms. The second-order valence-electron chi connectivity index (χ2n) is 5.15. The average Bonchev–Trinajstić information content (AvgIpc) is 2.24. The molecule has 88 valence electrons. The van der Waals surface area contributed by atoms with Crippen molar-refractivity contribution < 1.29 is 4.21 Å². The summed E-state index contributed by atoms with van der Waals surface area (Å²) >= 11 is 0. The lowest BCUT2D eigenvalue weighted by molar-refractivity contribution is 0.344. The Morgan fingerprint density at radius 2 is 1.94 bits per heavy atom. The zero-order chi connectivity index (χ0) is 11.8. The summed E-state index contributed by atoms with van der Waals surface area (Å²) in [5.74, 6) is 0.734. The molecule has 0 bridgehead atoms. The van der Waals surface area contributed by atoms with E-state index in [0.29, 0.717) is 0 Å². The van der Waals surface area contributed by atoms with Gasteiger partial charge < -0.3 is 5.32 Å². The Labute approximate surface area is 99.9 Å². The van der Waals surface area contributed by atoms with Crippen LogP contribution in [0.3, 0.4) is 0 Å². The Morgan fingerprint density at radius 3 is 2.56 bits per heavy atom. The van der Waals surface area contributed by atoms with Gasteiger partial charge in [0.05, 0.1) is 5.25 Å². The van der Waals surface area contributed by atoms with Crippen molar-refractivity contribution in [3.05, 3.63) is 35.9 Å². The van der Waals surface area contributed by atoms with Crippen molar-refractivity contribution in [2.75, 3.05) is 5.75 Å². The monoisotopic (exact) mass is 237 g/mol. The number of hydrogen-bond acceptors (Lipinski definition) is 2. The predicted octanol–water partition coefficient (Wildman–Crippen LogP) is 2.25. The van der Waals surface area contributed by atoms with Crippen molar-refractivity contribution in [2.24, 2.45) is 0 Å². The van der Waals surface area contributed by atoms with Gasteiger partial charge in [-0.25, -0.2) is 0 Å². The first-order valence-electron chi connectivity index (χ1n) is 5.69. The van der Waals surface area contributed by atoms with Gasteiger partial charge in [0.25, 0.3) is 0 Å². The molecule has 1 aromatic rings. The van der Waals surface area contributed by atoms with Crippen molar-refractivity contribution in [2.45, 2.75) is 37.6 Å². The number of rotatable bonds is 1. The van der Waals surface area contributed by atoms with Gasteiger partial charge in [-0.3, -0.25) is 4.21 Å². The van der Waals surface area contributed by atoms with Gasteiger partial charge in [0, 0.05) is 28.1 Å². The molecule has 2 rings (SSSR count). The molecule has 2 nitrogen and oxygen atoms in total. The largest absolute Gasteiger partial charge is 0.303 e. The fourth-order valence-electron chi connectivity index (χ4n) is 2.23. The molecule has 3 atom stereocenters. The van der Waals surface area contributed by atoms with Gasteiger partial charge in [0.2, 0.25) is 0 Å². The topological polar surface area (TPSA) is 29.1 Å². The van der Waals surface area contributed by atoms with E-state index in [4.69, 9.17) is 0 Å². The van der Waals surface area contributed by atoms with Gasteiger partial charge in [-0.2, -0.15) is 0 Å². The number of benzene rings is 1. The van der Waals surface area contributed by atoms with E-state index in [1.54, 1.807) is 0 Å². The maximum absolute atomic E-state index is 12.1. The highest BCUT2D eigenvalue weighted by Gasteiger charge is 2.37. The van der Waals surface area contributed by atoms with E-state index in [2.05, 4.69) is 38.2 Å². The van der Waals surface area contributed by atoms with Crippen molar-refractivity contribution >= 4 is 10.8 Å². The molecule has 1 fully saturated rings. The minimum absolute atomic E-state index is 0.0438. The highest BCUT2D eigenvalue weighted by atomic mass is 32.2. The standard InChI is InChI=1S/C13H19NOS/c1-10-12(11-7-5-4-6-8-11)14-13(2,3)9-16(10)15/h4-8,10,12,14H,9H2,1-3H3. The number of hydrogen-bond donors (Lipinski definition) is 1. The maximum Gasteiger partial charge on any atom is 0.0515 e. The minimum Gasteiger partial charge on any atom is -0.303 e. The van der Waals surface area contributed by atoms with Crippen LogP contribution >= 0.6 is 0 Å². The molecule has 3 heteroatoms. The normalized spacial score (nSPS) is 33.6. The van der Waals surface area contributed by atoms with Gasteiger partial charge in [-0.05, 0) is 26.3 Å². The molecule has 1 aliphatic rings. The fourth-order valence-corrected chi connectivity index (χ4v) is 3.82. The lowest BCUT2D eigenvalue weighted by Gasteiger charge is -2.40. The molecule has 1 N–H and O–H groups in total. The first-order valence-corrected chi connectivity index (χ1v) is 7.08. The van der Waals surface area contributed by atoms with Gasteiger partial charge in [0.1, 0.15) is 0 Å². The van der Waals surface area contributed by atoms with Crippen LogP contribution < -0.4 is 5.32 Å². The predicted molar refractivity (Wildman–Crippen MR) is 68.9 cm³/mol. The zero-order valence-electron chi connectivity index (χ0n) is 10.1. The Hall–Kier alpha value is -0.670. The molecule has 0 aromatic heterocycles. The molecule has 1 saturated heterocycles. The smallest absolute Gasteiger partial charge is 0.0515 e. The SMILES string of the molecule is CC1C(c2ccccc2)NC(C)(C)CS1=O. The lowest BCUT2D eigenvalue weighted by Crippen LogP contribution is -2.55. The highest BCUT2D eigenvalue weighted by Crippen LogP contribution is 2.29. The molecule has 1 aromatic carbocycles. The summed E-state index contributed by atoms with van der Waals surface area (Å²) in [6, 6.07) is 10.5. The Balaban J connectivity index is 2.29. The second-order valence-corrected chi connectivity index (χ2v) is 6.94. The first kappa shape index (κ1) is 11.8. The summed E-state index contributed by atoms with van der Waals surface area (Å²) in [7, 11) is -0.747. The van der Waals surface area contributed by atoms with Gasteiger partial charge in [-0.15, -0.1) is 0 Å². The van der Waals surface area contributed by atoms with Crippen LogP contribution in [0, 0.1) is 0 Å². The third-order valence-electron chi connectivity index (χ3n) is 3.09. The molecule has 3 unspecified atom stereocenters. The van der Waals surface area contributed by atoms with Crippen LogP contribution in [0.2, 0.25) is 0 Å². The second kappa shape index (κ2) is 4.30. The maximum atomic E-state index is 12.1. The molecule has 0 radical (unpaired) electrons. The van der Waals surface area contributed by atoms with Crippen LogP contribution in [0.1, 0.15) is 32.4 Å². The Morgan fingerprint density at radius 1 is 1.31 bits per heavy atom. The molecular weight excluding hydrogens is 218 g/mol. The molecule has 0 aliphatic carbocycles. The van der Waals surface area contributed by atoms with Gasteiger partial charge in [0.15, 0.2) is 0 Å². The minimum atomic E-state index is -0.747. The van der Waals surface area contributed by atoms with Crippen molar-refractivity contribution in [3.63, 3.8) is 0 Å². The van der Waals surface area contributed by atoms with Crippen molar-refractivity contribution in [3.8, 4) is 0 Å². The summed E-state index contributed by atoms with van der Waals surface area (Å²) in [4.78, 5) is 0. The number of nitrogens with one attached hydrogen (secondary N) is 1. The first-order chi connectivity index (χ1) is 7.49. The van der Waals surface area contributed by atoms with Crippen molar-refractivity contribution in [1.82, 2.24) is 5.32 Å². The molecular formula is C13H19NOS. The molecule has 1 aliphatic heterocycles. The van der Waals surface area contributed by atoms with E-state index in [1.807, 2.05) is 18.2 Å². The van der Waals surface area contributed by atoms with E-state index in [0.717, 1.165) is 5.75 Å². The summed E-state index contributed by atoms with van der Waals surface area (Å²) < 4.78 is 12.1. The van der Waals surface area contributed by atoms with Crippen LogP contribution in [-0.4, -0.2) is 20.8 Å². The van der Waals surface area contributed by atoms with Crippen molar-refractivity contribution in [1.29, 1.82) is 0 Å². The summed E-state index contributed by atoms with van der Waals surface area (Å²) in [5, 5.41) is 3.77. The Bertz CT molecular complexity index is 388. The molecule has 0 spiro atoms. The van der Waals surface area contributed by atoms with E-state index >= 15 is 0 Å². The third-order valence-corrected chi connectivity index (χ3v) is 5.20. The van der Waals surface area contributed by atoms with Crippen LogP contribution in [-0.2, 0) is 10.8 Å². The van der Waals surface area contributed by atoms with E-state index < -0.39 is 10.8 Å². The molecule has 0 saturated carbocycles. The third kappa shape index (κ3) is 2.36. The van der Waals surface area contributed by atoms with Crippen LogP contribution in [0.4, 0.5) is 0 Å². The molecule has 1 heterocycles. The summed E-state index contributed by atoms with van der Waals surface area (Å²) in [6.07, 6.45) is 0. The summed E-state index contributed by atoms with van der Waals surface area (Å²) in [5.41, 5.74) is 1.19. The average molecular weight is 237 g/mol. The van der Waals surface area contributed by atoms with Crippen LogP contribution in [0.15, 0.2) is 30.3 Å². The fraction of sp³-hybridized carbons (Fsp3) is 0.538. The van der Waals surface area contributed by atoms with Gasteiger partial charge in [-0.1, -0.05) is 30.3 Å². The molecule has 0 amide bonds. The van der Waals surface area contributed by atoms with E-state index in [-0.39, 0.29) is 16.8 Å². The lowest BCUT2D eigenvalue weighted by atomic mass is 9.99. The van der Waals surface area contributed by atoms with Gasteiger partial charge >= 0.3 is 0 Å². The van der Waals surface area contributed by atoms with E-state index in [1.165, 1.54) is 5.56 Å². The quantitative estimate of drug-likeness (QED) is 0.811. The summed E-state index contributed by atoms with van der Waals surface area (Å²) in [6.45, 7) is 6.30. The van der Waals surface area contributed by atoms with Crippen LogP contribution in [0.25, 0.3) is 0 Å². The highest BCUT2D eigenvalue weighted by molar-refractivity contribution is 7.85. The van der Waals surface area contributed by atoms with E-state index in [9.17, 15) is 4.21 Å². The Kier molecular flexibility index (Phi) is 3.17.